The van der Waals surface area contributed by atoms with Crippen molar-refractivity contribution >= 4 is 11.8 Å². The molecular formula is C11H15N3O2. The average Bonchev–Trinajstić information content (AvgIpc) is 2.29. The van der Waals surface area contributed by atoms with Gasteiger partial charge in [-0.3, -0.25) is 0 Å². The summed E-state index contributed by atoms with van der Waals surface area (Å²) in [5.74, 6) is -0.0654. The van der Waals surface area contributed by atoms with Gasteiger partial charge in [-0.15, -0.1) is 0 Å². The number of piperazine rings is 1. The van der Waals surface area contributed by atoms with Crippen molar-refractivity contribution in [3.63, 3.8) is 0 Å². The molecule has 0 aliphatic carbocycles. The van der Waals surface area contributed by atoms with E-state index < -0.39 is 12.0 Å². The van der Waals surface area contributed by atoms with Gasteiger partial charge in [0.05, 0.1) is 0 Å². The molecule has 0 unspecified atom stereocenters. The van der Waals surface area contributed by atoms with Crippen molar-refractivity contribution in [3.8, 4) is 0 Å². The molecule has 1 aliphatic rings. The van der Waals surface area contributed by atoms with E-state index in [4.69, 9.17) is 5.11 Å². The predicted octanol–water partition coefficient (Wildman–Crippen LogP) is 0.253. The summed E-state index contributed by atoms with van der Waals surface area (Å²) >= 11 is 0. The highest BCUT2D eigenvalue weighted by atomic mass is 16.4. The SMILES string of the molecule is Cc1ccnc(N2CCNC[C@H]2C(=O)O)c1. The number of hydrogen-bond donors (Lipinski definition) is 2. The number of pyridine rings is 1. The molecule has 2 N–H and O–H groups in total. The van der Waals surface area contributed by atoms with Crippen LogP contribution in [0.3, 0.4) is 0 Å². The maximum Gasteiger partial charge on any atom is 0.327 e. The summed E-state index contributed by atoms with van der Waals surface area (Å²) in [6, 6.07) is 3.30. The number of nitrogens with one attached hydrogen (secondary N) is 1. The van der Waals surface area contributed by atoms with Crippen LogP contribution in [0.5, 0.6) is 0 Å². The molecule has 1 atom stereocenters. The Morgan fingerprint density at radius 2 is 2.50 bits per heavy atom. The zero-order chi connectivity index (χ0) is 11.5. The van der Waals surface area contributed by atoms with Gasteiger partial charge in [0.25, 0.3) is 0 Å². The Bertz CT molecular complexity index is 395. The van der Waals surface area contributed by atoms with Crippen LogP contribution in [0.4, 0.5) is 5.82 Å². The lowest BCUT2D eigenvalue weighted by Crippen LogP contribution is -2.55. The Hall–Kier alpha value is -1.62. The highest BCUT2D eigenvalue weighted by molar-refractivity contribution is 5.78. The fourth-order valence-electron chi connectivity index (χ4n) is 1.88. The molecule has 0 aromatic carbocycles. The molecule has 1 aromatic rings. The minimum Gasteiger partial charge on any atom is -0.480 e. The number of carbonyl (C=O) groups is 1. The van der Waals surface area contributed by atoms with Crippen LogP contribution < -0.4 is 10.2 Å². The number of aromatic nitrogens is 1. The molecule has 0 radical (unpaired) electrons. The van der Waals surface area contributed by atoms with E-state index >= 15 is 0 Å². The van der Waals surface area contributed by atoms with Crippen LogP contribution in [0.1, 0.15) is 5.56 Å². The Kier molecular flexibility index (Phi) is 3.05. The van der Waals surface area contributed by atoms with E-state index in [9.17, 15) is 4.79 Å². The van der Waals surface area contributed by atoms with Crippen molar-refractivity contribution in [1.82, 2.24) is 10.3 Å². The van der Waals surface area contributed by atoms with E-state index in [0.717, 1.165) is 17.9 Å². The Morgan fingerprint density at radius 1 is 1.69 bits per heavy atom. The van der Waals surface area contributed by atoms with E-state index in [1.54, 1.807) is 6.20 Å². The molecule has 1 fully saturated rings. The zero-order valence-corrected chi connectivity index (χ0v) is 9.18. The summed E-state index contributed by atoms with van der Waals surface area (Å²) < 4.78 is 0. The smallest absolute Gasteiger partial charge is 0.327 e. The number of rotatable bonds is 2. The van der Waals surface area contributed by atoms with Crippen molar-refractivity contribution in [2.45, 2.75) is 13.0 Å². The number of aryl methyl sites for hydroxylation is 1. The van der Waals surface area contributed by atoms with Gasteiger partial charge in [-0.25, -0.2) is 9.78 Å². The lowest BCUT2D eigenvalue weighted by atomic mass is 10.2. The quantitative estimate of drug-likeness (QED) is 0.749. The third-order valence-electron chi connectivity index (χ3n) is 2.72. The van der Waals surface area contributed by atoms with Crippen LogP contribution in [0.25, 0.3) is 0 Å². The van der Waals surface area contributed by atoms with Gasteiger partial charge in [-0.05, 0) is 24.6 Å². The topological polar surface area (TPSA) is 65.5 Å². The van der Waals surface area contributed by atoms with Crippen molar-refractivity contribution in [1.29, 1.82) is 0 Å². The number of carboxylic acid groups (broad SMARTS) is 1. The predicted molar refractivity (Wildman–Crippen MR) is 60.6 cm³/mol. The van der Waals surface area contributed by atoms with Gasteiger partial charge in [-0.1, -0.05) is 0 Å². The summed E-state index contributed by atoms with van der Waals surface area (Å²) in [5, 5.41) is 12.2. The maximum atomic E-state index is 11.1. The second-order valence-electron chi connectivity index (χ2n) is 3.94. The lowest BCUT2D eigenvalue weighted by molar-refractivity contribution is -0.138. The summed E-state index contributed by atoms with van der Waals surface area (Å²) in [6.07, 6.45) is 1.71. The van der Waals surface area contributed by atoms with Gasteiger partial charge in [0.1, 0.15) is 11.9 Å². The second kappa shape index (κ2) is 4.49. The van der Waals surface area contributed by atoms with E-state index in [1.807, 2.05) is 24.0 Å². The number of aliphatic carboxylic acids is 1. The van der Waals surface area contributed by atoms with Crippen molar-refractivity contribution in [2.75, 3.05) is 24.5 Å². The van der Waals surface area contributed by atoms with Crippen molar-refractivity contribution < 1.29 is 9.90 Å². The van der Waals surface area contributed by atoms with Gasteiger partial charge >= 0.3 is 5.97 Å². The molecule has 2 rings (SSSR count). The van der Waals surface area contributed by atoms with Crippen LogP contribution in [0.2, 0.25) is 0 Å². The van der Waals surface area contributed by atoms with E-state index in [-0.39, 0.29) is 0 Å². The van der Waals surface area contributed by atoms with E-state index in [2.05, 4.69) is 10.3 Å². The molecule has 1 saturated heterocycles. The molecule has 0 bridgehead atoms. The Labute approximate surface area is 94.1 Å². The largest absolute Gasteiger partial charge is 0.480 e. The number of carboxylic acids is 1. The molecule has 5 nitrogen and oxygen atoms in total. The monoisotopic (exact) mass is 221 g/mol. The second-order valence-corrected chi connectivity index (χ2v) is 3.94. The molecule has 5 heteroatoms. The third kappa shape index (κ3) is 2.14. The molecule has 2 heterocycles. The standard InChI is InChI=1S/C11H15N3O2/c1-8-2-3-13-10(6-8)14-5-4-12-7-9(14)11(15)16/h2-3,6,9,12H,4-5,7H2,1H3,(H,15,16)/t9-/m0/s1. The first-order valence-electron chi connectivity index (χ1n) is 5.31. The average molecular weight is 221 g/mol. The Balaban J connectivity index is 2.26. The molecule has 1 aromatic heterocycles. The summed E-state index contributed by atoms with van der Waals surface area (Å²) in [5.41, 5.74) is 1.09. The fraction of sp³-hybridized carbons (Fsp3) is 0.455. The van der Waals surface area contributed by atoms with Gasteiger partial charge in [0, 0.05) is 25.8 Å². The normalized spacial score (nSPS) is 20.8. The number of anilines is 1. The molecule has 1 aliphatic heterocycles. The first-order valence-corrected chi connectivity index (χ1v) is 5.31. The number of hydrogen-bond acceptors (Lipinski definition) is 4. The highest BCUT2D eigenvalue weighted by Gasteiger charge is 2.29. The first kappa shape index (κ1) is 10.9. The zero-order valence-electron chi connectivity index (χ0n) is 9.18. The molecular weight excluding hydrogens is 206 g/mol. The molecule has 0 saturated carbocycles. The fourth-order valence-corrected chi connectivity index (χ4v) is 1.88. The van der Waals surface area contributed by atoms with Gasteiger partial charge in [-0.2, -0.15) is 0 Å². The molecule has 0 amide bonds. The summed E-state index contributed by atoms with van der Waals surface area (Å²) in [6.45, 7) is 3.90. The minimum absolute atomic E-state index is 0.463. The van der Waals surface area contributed by atoms with Gasteiger partial charge < -0.3 is 15.3 Å². The number of nitrogens with zero attached hydrogens (tertiary/aromatic N) is 2. The van der Waals surface area contributed by atoms with Crippen LogP contribution in [-0.4, -0.2) is 41.7 Å². The van der Waals surface area contributed by atoms with Crippen LogP contribution in [0.15, 0.2) is 18.3 Å². The minimum atomic E-state index is -0.810. The third-order valence-corrected chi connectivity index (χ3v) is 2.72. The van der Waals surface area contributed by atoms with Gasteiger partial charge in [0.2, 0.25) is 0 Å². The van der Waals surface area contributed by atoms with Gasteiger partial charge in [0.15, 0.2) is 0 Å². The molecule has 0 spiro atoms. The van der Waals surface area contributed by atoms with Crippen LogP contribution in [-0.2, 0) is 4.79 Å². The highest BCUT2D eigenvalue weighted by Crippen LogP contribution is 2.16. The van der Waals surface area contributed by atoms with Crippen LogP contribution >= 0.6 is 0 Å². The summed E-state index contributed by atoms with van der Waals surface area (Å²) in [7, 11) is 0. The summed E-state index contributed by atoms with van der Waals surface area (Å²) in [4.78, 5) is 17.2. The lowest BCUT2D eigenvalue weighted by Gasteiger charge is -2.34. The molecule has 86 valence electrons. The van der Waals surface area contributed by atoms with Crippen molar-refractivity contribution in [2.24, 2.45) is 0 Å². The first-order chi connectivity index (χ1) is 7.68. The maximum absolute atomic E-state index is 11.1. The Morgan fingerprint density at radius 3 is 3.19 bits per heavy atom. The van der Waals surface area contributed by atoms with Crippen LogP contribution in [0, 0.1) is 6.92 Å². The molecule has 16 heavy (non-hydrogen) atoms. The van der Waals surface area contributed by atoms with Crippen molar-refractivity contribution in [3.05, 3.63) is 23.9 Å². The van der Waals surface area contributed by atoms with E-state index in [0.29, 0.717) is 13.1 Å². The van der Waals surface area contributed by atoms with E-state index in [1.165, 1.54) is 0 Å².